The van der Waals surface area contributed by atoms with Crippen molar-refractivity contribution in [1.82, 2.24) is 9.55 Å². The average molecular weight is 239 g/mol. The number of nitrogens with zero attached hydrogens (tertiary/aromatic N) is 3. The molecule has 17 heavy (non-hydrogen) atoms. The zero-order chi connectivity index (χ0) is 13.1. The number of oxime groups is 1. The van der Waals surface area contributed by atoms with E-state index in [1.54, 1.807) is 4.57 Å². The summed E-state index contributed by atoms with van der Waals surface area (Å²) in [5.41, 5.74) is 0.947. The Morgan fingerprint density at radius 1 is 1.59 bits per heavy atom. The van der Waals surface area contributed by atoms with Gasteiger partial charge >= 0.3 is 0 Å². The Kier molecular flexibility index (Phi) is 4.28. The number of ether oxygens (including phenoxy) is 1. The van der Waals surface area contributed by atoms with Gasteiger partial charge in [0.2, 0.25) is 0 Å². The van der Waals surface area contributed by atoms with Gasteiger partial charge in [0.25, 0.3) is 0 Å². The van der Waals surface area contributed by atoms with Crippen LogP contribution in [0.2, 0.25) is 0 Å². The average Bonchev–Trinajstić information content (AvgIpc) is 2.55. The first-order valence-corrected chi connectivity index (χ1v) is 5.66. The molecule has 1 rings (SSSR count). The minimum Gasteiger partial charge on any atom is -0.411 e. The summed E-state index contributed by atoms with van der Waals surface area (Å²) in [6.07, 6.45) is 3.32. The van der Waals surface area contributed by atoms with Crippen molar-refractivity contribution in [3.63, 3.8) is 0 Å². The van der Waals surface area contributed by atoms with Crippen LogP contribution in [0.15, 0.2) is 11.4 Å². The van der Waals surface area contributed by atoms with Gasteiger partial charge in [0, 0.05) is 13.2 Å². The summed E-state index contributed by atoms with van der Waals surface area (Å²) in [5, 5.41) is 11.4. The number of aromatic nitrogens is 2. The highest BCUT2D eigenvalue weighted by atomic mass is 16.5. The molecule has 1 aromatic heterocycles. The van der Waals surface area contributed by atoms with E-state index < -0.39 is 0 Å². The van der Waals surface area contributed by atoms with Crippen LogP contribution in [0, 0.1) is 5.41 Å². The molecule has 96 valence electrons. The highest BCUT2D eigenvalue weighted by molar-refractivity contribution is 5.74. The molecule has 1 unspecified atom stereocenters. The van der Waals surface area contributed by atoms with Crippen molar-refractivity contribution in [2.24, 2.45) is 17.6 Å². The molecular formula is C12H21N3O2. The van der Waals surface area contributed by atoms with Crippen LogP contribution in [-0.4, -0.2) is 27.1 Å². The lowest BCUT2D eigenvalue weighted by atomic mass is 9.90. The summed E-state index contributed by atoms with van der Waals surface area (Å²) in [6, 6.07) is 0. The van der Waals surface area contributed by atoms with Crippen molar-refractivity contribution in [2.75, 3.05) is 0 Å². The molecule has 0 aromatic carbocycles. The third kappa shape index (κ3) is 3.85. The molecule has 0 aliphatic rings. The van der Waals surface area contributed by atoms with Gasteiger partial charge in [0.1, 0.15) is 6.21 Å². The van der Waals surface area contributed by atoms with Gasteiger partial charge < -0.3 is 14.5 Å². The maximum atomic E-state index is 8.46. The Balaban J connectivity index is 2.61. The first-order valence-electron chi connectivity index (χ1n) is 5.66. The summed E-state index contributed by atoms with van der Waals surface area (Å²) < 4.78 is 7.55. The standard InChI is InChI=1S/C12H21N3O2/c1-9(12(2,3)4)17-8-10-7-15(5)11(14-10)6-13-16/h6-7,9,16H,8H2,1-5H3/b13-6-. The van der Waals surface area contributed by atoms with E-state index in [9.17, 15) is 0 Å². The third-order valence-electron chi connectivity index (χ3n) is 2.84. The predicted octanol–water partition coefficient (Wildman–Crippen LogP) is 2.18. The van der Waals surface area contributed by atoms with Gasteiger partial charge in [-0.2, -0.15) is 0 Å². The maximum Gasteiger partial charge on any atom is 0.154 e. The quantitative estimate of drug-likeness (QED) is 0.497. The van der Waals surface area contributed by atoms with Crippen molar-refractivity contribution in [1.29, 1.82) is 0 Å². The fourth-order valence-corrected chi connectivity index (χ4v) is 1.25. The molecule has 1 atom stereocenters. The number of hydrogen-bond acceptors (Lipinski definition) is 4. The monoisotopic (exact) mass is 239 g/mol. The molecule has 5 heteroatoms. The Bertz CT molecular complexity index is 391. The fraction of sp³-hybridized carbons (Fsp3) is 0.667. The summed E-state index contributed by atoms with van der Waals surface area (Å²) in [6.45, 7) is 8.93. The van der Waals surface area contributed by atoms with Crippen LogP contribution in [0.4, 0.5) is 0 Å². The predicted molar refractivity (Wildman–Crippen MR) is 66.3 cm³/mol. The Hall–Kier alpha value is -1.36. The Morgan fingerprint density at radius 2 is 2.24 bits per heavy atom. The highest BCUT2D eigenvalue weighted by Crippen LogP contribution is 2.22. The van der Waals surface area contributed by atoms with E-state index in [1.807, 2.05) is 13.2 Å². The van der Waals surface area contributed by atoms with Crippen molar-refractivity contribution < 1.29 is 9.94 Å². The van der Waals surface area contributed by atoms with Gasteiger partial charge in [-0.25, -0.2) is 4.98 Å². The van der Waals surface area contributed by atoms with Gasteiger partial charge in [-0.3, -0.25) is 0 Å². The first-order chi connectivity index (χ1) is 7.84. The van der Waals surface area contributed by atoms with E-state index in [1.165, 1.54) is 6.21 Å². The second-order valence-electron chi connectivity index (χ2n) is 5.27. The minimum absolute atomic E-state index is 0.115. The lowest BCUT2D eigenvalue weighted by molar-refractivity contribution is -0.0165. The molecule has 1 heterocycles. The van der Waals surface area contributed by atoms with Crippen molar-refractivity contribution >= 4 is 6.21 Å². The summed E-state index contributed by atoms with van der Waals surface area (Å²) in [5.74, 6) is 0.606. The lowest BCUT2D eigenvalue weighted by Crippen LogP contribution is -2.25. The van der Waals surface area contributed by atoms with Crippen molar-refractivity contribution in [2.45, 2.75) is 40.4 Å². The van der Waals surface area contributed by atoms with Crippen LogP contribution in [0.3, 0.4) is 0 Å². The van der Waals surface area contributed by atoms with Gasteiger partial charge in [-0.1, -0.05) is 25.9 Å². The molecule has 1 aromatic rings. The molecule has 0 aliphatic carbocycles. The summed E-state index contributed by atoms with van der Waals surface area (Å²) in [7, 11) is 1.85. The van der Waals surface area contributed by atoms with Gasteiger partial charge in [0.05, 0.1) is 18.4 Å². The molecule has 0 spiro atoms. The normalized spacial score (nSPS) is 14.4. The summed E-state index contributed by atoms with van der Waals surface area (Å²) >= 11 is 0. The van der Waals surface area contributed by atoms with E-state index >= 15 is 0 Å². The van der Waals surface area contributed by atoms with Crippen molar-refractivity contribution in [3.05, 3.63) is 17.7 Å². The van der Waals surface area contributed by atoms with Gasteiger partial charge in [-0.15, -0.1) is 0 Å². The number of imidazole rings is 1. The molecule has 5 nitrogen and oxygen atoms in total. The molecule has 1 N–H and O–H groups in total. The molecule has 0 bridgehead atoms. The lowest BCUT2D eigenvalue weighted by Gasteiger charge is -2.26. The van der Waals surface area contributed by atoms with Crippen LogP contribution in [0.25, 0.3) is 0 Å². The second-order valence-corrected chi connectivity index (χ2v) is 5.27. The van der Waals surface area contributed by atoms with E-state index in [0.717, 1.165) is 5.69 Å². The number of hydrogen-bond donors (Lipinski definition) is 1. The van der Waals surface area contributed by atoms with Crippen LogP contribution < -0.4 is 0 Å². The zero-order valence-corrected chi connectivity index (χ0v) is 11.1. The molecule has 0 saturated heterocycles. The van der Waals surface area contributed by atoms with E-state index in [-0.39, 0.29) is 11.5 Å². The topological polar surface area (TPSA) is 59.6 Å². The molecule has 0 aliphatic heterocycles. The van der Waals surface area contributed by atoms with Crippen LogP contribution in [-0.2, 0) is 18.4 Å². The highest BCUT2D eigenvalue weighted by Gasteiger charge is 2.20. The zero-order valence-electron chi connectivity index (χ0n) is 11.1. The number of aryl methyl sites for hydroxylation is 1. The molecular weight excluding hydrogens is 218 g/mol. The molecule has 0 amide bonds. The Labute approximate surface area is 102 Å². The minimum atomic E-state index is 0.115. The second kappa shape index (κ2) is 5.31. The molecule has 0 radical (unpaired) electrons. The van der Waals surface area contributed by atoms with Gasteiger partial charge in [0.15, 0.2) is 5.82 Å². The molecule has 0 fully saturated rings. The van der Waals surface area contributed by atoms with Crippen LogP contribution >= 0.6 is 0 Å². The third-order valence-corrected chi connectivity index (χ3v) is 2.84. The largest absolute Gasteiger partial charge is 0.411 e. The SMILES string of the molecule is CC(OCc1cn(C)c(/C=N\O)n1)C(C)(C)C. The van der Waals surface area contributed by atoms with Crippen LogP contribution in [0.5, 0.6) is 0 Å². The van der Waals surface area contributed by atoms with Gasteiger partial charge in [-0.05, 0) is 12.3 Å². The Morgan fingerprint density at radius 3 is 2.76 bits per heavy atom. The van der Waals surface area contributed by atoms with Crippen LogP contribution in [0.1, 0.15) is 39.2 Å². The summed E-state index contributed by atoms with van der Waals surface area (Å²) in [4.78, 5) is 4.28. The molecule has 0 saturated carbocycles. The first kappa shape index (κ1) is 13.7. The fourth-order valence-electron chi connectivity index (χ4n) is 1.25. The number of rotatable bonds is 4. The smallest absolute Gasteiger partial charge is 0.154 e. The van der Waals surface area contributed by atoms with E-state index in [4.69, 9.17) is 9.94 Å². The van der Waals surface area contributed by atoms with E-state index in [2.05, 4.69) is 37.8 Å². The van der Waals surface area contributed by atoms with Crippen molar-refractivity contribution in [3.8, 4) is 0 Å². The maximum absolute atomic E-state index is 8.46. The van der Waals surface area contributed by atoms with E-state index in [0.29, 0.717) is 12.4 Å².